The van der Waals surface area contributed by atoms with E-state index in [-0.39, 0.29) is 23.7 Å². The van der Waals surface area contributed by atoms with E-state index >= 15 is 0 Å². The van der Waals surface area contributed by atoms with Crippen LogP contribution < -0.4 is 10.6 Å². The fraction of sp³-hybridized carbons (Fsp3) is 0.909. The molecule has 1 rings (SSSR count). The summed E-state index contributed by atoms with van der Waals surface area (Å²) in [6, 6.07) is 0. The number of hydrogen-bond acceptors (Lipinski definition) is 3. The molecule has 0 aromatic rings. The third-order valence-electron chi connectivity index (χ3n) is 2.93. The lowest BCUT2D eigenvalue weighted by Gasteiger charge is -2.34. The molecule has 2 N–H and O–H groups in total. The van der Waals surface area contributed by atoms with Gasteiger partial charge in [0.15, 0.2) is 0 Å². The Morgan fingerprint density at radius 3 is 2.88 bits per heavy atom. The zero-order valence-corrected chi connectivity index (χ0v) is 11.0. The van der Waals surface area contributed by atoms with Crippen molar-refractivity contribution in [3.05, 3.63) is 0 Å². The Kier molecular flexibility index (Phi) is 7.72. The van der Waals surface area contributed by atoms with Gasteiger partial charge in [-0.2, -0.15) is 0 Å². The average molecular weight is 251 g/mol. The van der Waals surface area contributed by atoms with Gasteiger partial charge in [0.05, 0.1) is 6.61 Å². The van der Waals surface area contributed by atoms with Gasteiger partial charge in [-0.1, -0.05) is 6.92 Å². The van der Waals surface area contributed by atoms with Gasteiger partial charge in [-0.25, -0.2) is 0 Å². The highest BCUT2D eigenvalue weighted by atomic mass is 35.5. The van der Waals surface area contributed by atoms with E-state index in [0.29, 0.717) is 13.0 Å². The molecule has 0 aliphatic carbocycles. The molecule has 0 bridgehead atoms. The first-order valence-electron chi connectivity index (χ1n) is 5.63. The smallest absolute Gasteiger partial charge is 0.222 e. The maximum atomic E-state index is 11.4. The summed E-state index contributed by atoms with van der Waals surface area (Å²) in [5.74, 6) is 0.0867. The predicted molar refractivity (Wildman–Crippen MR) is 67.0 cm³/mol. The summed E-state index contributed by atoms with van der Waals surface area (Å²) in [6.45, 7) is 5.59. The lowest BCUT2D eigenvalue weighted by molar-refractivity contribution is -0.122. The third kappa shape index (κ3) is 5.68. The Bertz CT molecular complexity index is 206. The Hall–Kier alpha value is -0.320. The molecule has 0 spiro atoms. The van der Waals surface area contributed by atoms with Crippen molar-refractivity contribution in [1.29, 1.82) is 0 Å². The molecule has 4 nitrogen and oxygen atoms in total. The van der Waals surface area contributed by atoms with Crippen LogP contribution in [0, 0.1) is 5.41 Å². The molecule has 1 saturated heterocycles. The van der Waals surface area contributed by atoms with Crippen molar-refractivity contribution in [3.8, 4) is 0 Å². The molecule has 1 unspecified atom stereocenters. The van der Waals surface area contributed by atoms with Crippen molar-refractivity contribution in [2.24, 2.45) is 5.41 Å². The summed E-state index contributed by atoms with van der Waals surface area (Å²) in [6.07, 6.45) is 2.84. The van der Waals surface area contributed by atoms with E-state index < -0.39 is 0 Å². The van der Waals surface area contributed by atoms with Gasteiger partial charge in [-0.05, 0) is 24.8 Å². The quantitative estimate of drug-likeness (QED) is 0.764. The van der Waals surface area contributed by atoms with Crippen molar-refractivity contribution in [3.63, 3.8) is 0 Å². The van der Waals surface area contributed by atoms with Crippen molar-refractivity contribution < 1.29 is 9.53 Å². The van der Waals surface area contributed by atoms with Gasteiger partial charge in [-0.3, -0.25) is 4.79 Å². The number of halogens is 1. The maximum Gasteiger partial charge on any atom is 0.222 e. The van der Waals surface area contributed by atoms with Crippen LogP contribution in [0.2, 0.25) is 0 Å². The zero-order valence-electron chi connectivity index (χ0n) is 10.2. The van der Waals surface area contributed by atoms with Gasteiger partial charge in [0, 0.05) is 26.6 Å². The number of amides is 1. The molecular formula is C11H23ClN2O2. The van der Waals surface area contributed by atoms with Crippen molar-refractivity contribution in [1.82, 2.24) is 10.6 Å². The molecule has 0 radical (unpaired) electrons. The minimum Gasteiger partial charge on any atom is -0.384 e. The largest absolute Gasteiger partial charge is 0.384 e. The van der Waals surface area contributed by atoms with Crippen molar-refractivity contribution in [2.45, 2.75) is 26.2 Å². The molecule has 5 heteroatoms. The fourth-order valence-electron chi connectivity index (χ4n) is 1.86. The molecule has 0 aromatic heterocycles. The minimum absolute atomic E-state index is 0. The monoisotopic (exact) mass is 250 g/mol. The van der Waals surface area contributed by atoms with Crippen molar-refractivity contribution >= 4 is 18.3 Å². The molecule has 1 fully saturated rings. The summed E-state index contributed by atoms with van der Waals surface area (Å²) in [4.78, 5) is 11.4. The number of carbonyl (C=O) groups is 1. The summed E-state index contributed by atoms with van der Waals surface area (Å²) < 4.78 is 4.86. The van der Waals surface area contributed by atoms with Crippen LogP contribution in [0.15, 0.2) is 0 Å². The molecule has 96 valence electrons. The van der Waals surface area contributed by atoms with E-state index in [1.165, 1.54) is 12.8 Å². The predicted octanol–water partition coefficient (Wildman–Crippen LogP) is 0.951. The first kappa shape index (κ1) is 15.7. The van der Waals surface area contributed by atoms with E-state index in [9.17, 15) is 4.79 Å². The van der Waals surface area contributed by atoms with Gasteiger partial charge in [0.2, 0.25) is 5.91 Å². The summed E-state index contributed by atoms with van der Waals surface area (Å²) in [7, 11) is 1.61. The van der Waals surface area contributed by atoms with E-state index in [4.69, 9.17) is 4.74 Å². The second-order valence-corrected chi connectivity index (χ2v) is 4.61. The minimum atomic E-state index is 0. The molecule has 1 heterocycles. The number of ether oxygens (including phenoxy) is 1. The summed E-state index contributed by atoms with van der Waals surface area (Å²) in [5.41, 5.74) is 0.223. The average Bonchev–Trinajstić information content (AvgIpc) is 2.25. The van der Waals surface area contributed by atoms with Crippen molar-refractivity contribution in [2.75, 3.05) is 33.4 Å². The molecule has 16 heavy (non-hydrogen) atoms. The normalized spacial score (nSPS) is 24.6. The van der Waals surface area contributed by atoms with Gasteiger partial charge in [-0.15, -0.1) is 12.4 Å². The molecule has 0 saturated carbocycles. The van der Waals surface area contributed by atoms with Crippen LogP contribution in [-0.4, -0.2) is 39.3 Å². The summed E-state index contributed by atoms with van der Waals surface area (Å²) >= 11 is 0. The highest BCUT2D eigenvalue weighted by Gasteiger charge is 2.26. The Morgan fingerprint density at radius 2 is 2.31 bits per heavy atom. The van der Waals surface area contributed by atoms with E-state index in [1.807, 2.05) is 0 Å². The molecule has 0 aromatic carbocycles. The van der Waals surface area contributed by atoms with Crippen LogP contribution >= 0.6 is 12.4 Å². The van der Waals surface area contributed by atoms with Crippen LogP contribution in [0.3, 0.4) is 0 Å². The first-order valence-corrected chi connectivity index (χ1v) is 5.63. The fourth-order valence-corrected chi connectivity index (χ4v) is 1.86. The van der Waals surface area contributed by atoms with Crippen LogP contribution in [0.25, 0.3) is 0 Å². The number of hydrogen-bond donors (Lipinski definition) is 2. The van der Waals surface area contributed by atoms with Crippen LogP contribution in [0.5, 0.6) is 0 Å². The zero-order chi connectivity index (χ0) is 11.1. The topological polar surface area (TPSA) is 50.4 Å². The second-order valence-electron chi connectivity index (χ2n) is 4.61. The Morgan fingerprint density at radius 1 is 1.56 bits per heavy atom. The van der Waals surface area contributed by atoms with E-state index in [2.05, 4.69) is 17.6 Å². The number of rotatable bonds is 5. The van der Waals surface area contributed by atoms with Gasteiger partial charge >= 0.3 is 0 Å². The molecule has 1 amide bonds. The highest BCUT2D eigenvalue weighted by molar-refractivity contribution is 5.85. The van der Waals surface area contributed by atoms with E-state index in [1.54, 1.807) is 7.11 Å². The van der Waals surface area contributed by atoms with Gasteiger partial charge in [0.25, 0.3) is 0 Å². The lowest BCUT2D eigenvalue weighted by atomic mass is 9.83. The van der Waals surface area contributed by atoms with E-state index in [0.717, 1.165) is 19.6 Å². The molecule has 1 aliphatic heterocycles. The highest BCUT2D eigenvalue weighted by Crippen LogP contribution is 2.23. The van der Waals surface area contributed by atoms with Crippen LogP contribution in [-0.2, 0) is 9.53 Å². The van der Waals surface area contributed by atoms with Crippen LogP contribution in [0.1, 0.15) is 26.2 Å². The standard InChI is InChI=1S/C11H22N2O2.ClH/c1-11(5-3-6-12-8-11)9-13-10(14)4-7-15-2;/h12H,3-9H2,1-2H3,(H,13,14);1H. The summed E-state index contributed by atoms with van der Waals surface area (Å²) in [5, 5.41) is 6.33. The van der Waals surface area contributed by atoms with Gasteiger partial charge < -0.3 is 15.4 Å². The number of methoxy groups -OCH3 is 1. The molecular weight excluding hydrogens is 228 g/mol. The number of carbonyl (C=O) groups excluding carboxylic acids is 1. The van der Waals surface area contributed by atoms with Gasteiger partial charge in [0.1, 0.15) is 0 Å². The maximum absolute atomic E-state index is 11.4. The van der Waals surface area contributed by atoms with Crippen LogP contribution in [0.4, 0.5) is 0 Å². The number of piperidine rings is 1. The third-order valence-corrected chi connectivity index (χ3v) is 2.93. The second kappa shape index (κ2) is 7.87. The SMILES string of the molecule is COCCC(=O)NCC1(C)CCCNC1.Cl. The molecule has 1 atom stereocenters. The Labute approximate surface area is 104 Å². The Balaban J connectivity index is 0.00000225. The molecule has 1 aliphatic rings. The number of nitrogens with one attached hydrogen (secondary N) is 2. The first-order chi connectivity index (χ1) is 7.16. The lowest BCUT2D eigenvalue weighted by Crippen LogP contribution is -2.45.